The van der Waals surface area contributed by atoms with Crippen molar-refractivity contribution in [3.8, 4) is 0 Å². The summed E-state index contributed by atoms with van der Waals surface area (Å²) in [5.41, 5.74) is 4.10. The van der Waals surface area contributed by atoms with Crippen LogP contribution in [0.25, 0.3) is 0 Å². The first-order valence-corrected chi connectivity index (χ1v) is 5.52. The van der Waals surface area contributed by atoms with Crippen LogP contribution >= 0.6 is 0 Å². The molecule has 2 aliphatic heterocycles. The third kappa shape index (κ3) is 1.62. The van der Waals surface area contributed by atoms with Gasteiger partial charge in [-0.1, -0.05) is 0 Å². The topological polar surface area (TPSA) is 30.5 Å². The fourth-order valence-electron chi connectivity index (χ4n) is 2.43. The minimum absolute atomic E-state index is 0.266. The van der Waals surface area contributed by atoms with E-state index < -0.39 is 0 Å². The number of allylic oxidation sites excluding steroid dienone is 3. The van der Waals surface area contributed by atoms with E-state index in [9.17, 15) is 0 Å². The van der Waals surface area contributed by atoms with Gasteiger partial charge in [0.25, 0.3) is 0 Å². The summed E-state index contributed by atoms with van der Waals surface area (Å²) < 4.78 is 11.0. The Balaban J connectivity index is 1.87. The van der Waals surface area contributed by atoms with Crippen molar-refractivity contribution >= 4 is 0 Å². The van der Waals surface area contributed by atoms with Crippen LogP contribution in [0.15, 0.2) is 35.3 Å². The standard InChI is InChI=1S/C12H15NO2/c1-2-11(12-7-13-4-6-15-12)10-3-5-14-8-9(1)10/h3,5,8,12-13H,1-2,4,6-7H2. The highest BCUT2D eigenvalue weighted by Gasteiger charge is 2.27. The van der Waals surface area contributed by atoms with E-state index in [-0.39, 0.29) is 6.10 Å². The van der Waals surface area contributed by atoms with Crippen LogP contribution < -0.4 is 5.32 Å². The Kier molecular flexibility index (Phi) is 2.35. The van der Waals surface area contributed by atoms with E-state index in [0.717, 1.165) is 32.5 Å². The van der Waals surface area contributed by atoms with Crippen molar-refractivity contribution in [1.82, 2.24) is 5.32 Å². The summed E-state index contributed by atoms with van der Waals surface area (Å²) in [5, 5.41) is 3.37. The molecule has 1 fully saturated rings. The number of fused-ring (bicyclic) bond motifs is 1. The second kappa shape index (κ2) is 3.83. The van der Waals surface area contributed by atoms with Crippen molar-refractivity contribution < 1.29 is 9.47 Å². The fraction of sp³-hybridized carbons (Fsp3) is 0.500. The number of hydrogen-bond acceptors (Lipinski definition) is 3. The van der Waals surface area contributed by atoms with E-state index in [4.69, 9.17) is 9.47 Å². The molecule has 3 heteroatoms. The lowest BCUT2D eigenvalue weighted by atomic mass is 10.0. The zero-order valence-electron chi connectivity index (χ0n) is 8.66. The molecule has 0 saturated carbocycles. The zero-order valence-corrected chi connectivity index (χ0v) is 8.66. The maximum atomic E-state index is 5.79. The van der Waals surface area contributed by atoms with Crippen molar-refractivity contribution in [2.24, 2.45) is 0 Å². The average Bonchev–Trinajstić information content (AvgIpc) is 2.74. The maximum Gasteiger partial charge on any atom is 0.0939 e. The molecular formula is C12H15NO2. The Morgan fingerprint density at radius 1 is 1.33 bits per heavy atom. The Hall–Kier alpha value is -1.06. The number of morpholine rings is 1. The molecule has 80 valence electrons. The molecule has 0 radical (unpaired) electrons. The van der Waals surface area contributed by atoms with Gasteiger partial charge in [0.05, 0.1) is 25.2 Å². The van der Waals surface area contributed by atoms with E-state index >= 15 is 0 Å². The normalized spacial score (nSPS) is 29.9. The largest absolute Gasteiger partial charge is 0.472 e. The number of nitrogens with one attached hydrogen (secondary N) is 1. The third-order valence-corrected chi connectivity index (χ3v) is 3.20. The van der Waals surface area contributed by atoms with Crippen LogP contribution in [-0.4, -0.2) is 25.8 Å². The Labute approximate surface area is 89.4 Å². The molecule has 1 aliphatic carbocycles. The van der Waals surface area contributed by atoms with Crippen LogP contribution in [0.4, 0.5) is 0 Å². The van der Waals surface area contributed by atoms with Gasteiger partial charge < -0.3 is 14.8 Å². The minimum Gasteiger partial charge on any atom is -0.472 e. The number of rotatable bonds is 1. The summed E-state index contributed by atoms with van der Waals surface area (Å²) in [5.74, 6) is 0. The van der Waals surface area contributed by atoms with Crippen LogP contribution in [-0.2, 0) is 9.47 Å². The lowest BCUT2D eigenvalue weighted by molar-refractivity contribution is 0.0502. The molecule has 15 heavy (non-hydrogen) atoms. The van der Waals surface area contributed by atoms with Gasteiger partial charge in [0.1, 0.15) is 0 Å². The Morgan fingerprint density at radius 3 is 3.20 bits per heavy atom. The maximum absolute atomic E-state index is 5.79. The van der Waals surface area contributed by atoms with Gasteiger partial charge in [-0.3, -0.25) is 0 Å². The van der Waals surface area contributed by atoms with Crippen molar-refractivity contribution in [2.75, 3.05) is 19.7 Å². The summed E-state index contributed by atoms with van der Waals surface area (Å²) in [6, 6.07) is 0. The molecule has 0 aromatic heterocycles. The van der Waals surface area contributed by atoms with E-state index in [1.807, 2.05) is 6.26 Å². The minimum atomic E-state index is 0.266. The number of ether oxygens (including phenoxy) is 2. The SMILES string of the molecule is C1=CC2=C(C3CNCCO3)CCC2=CO1. The van der Waals surface area contributed by atoms with E-state index in [2.05, 4.69) is 11.4 Å². The lowest BCUT2D eigenvalue weighted by Gasteiger charge is -2.25. The van der Waals surface area contributed by atoms with Crippen molar-refractivity contribution in [3.63, 3.8) is 0 Å². The van der Waals surface area contributed by atoms with E-state index in [1.165, 1.54) is 16.7 Å². The highest BCUT2D eigenvalue weighted by atomic mass is 16.5. The Bertz CT molecular complexity index is 349. The molecule has 1 atom stereocenters. The second-order valence-electron chi connectivity index (χ2n) is 4.08. The van der Waals surface area contributed by atoms with E-state index in [1.54, 1.807) is 6.26 Å². The molecule has 1 N–H and O–H groups in total. The van der Waals surface area contributed by atoms with Crippen molar-refractivity contribution in [3.05, 3.63) is 35.3 Å². The molecule has 3 nitrogen and oxygen atoms in total. The molecule has 0 bridgehead atoms. The highest BCUT2D eigenvalue weighted by Crippen LogP contribution is 2.36. The predicted octanol–water partition coefficient (Wildman–Crippen LogP) is 1.49. The molecule has 0 spiro atoms. The lowest BCUT2D eigenvalue weighted by Crippen LogP contribution is -2.39. The molecule has 3 aliphatic rings. The van der Waals surface area contributed by atoms with Gasteiger partial charge in [-0.05, 0) is 35.6 Å². The molecule has 3 rings (SSSR count). The average molecular weight is 205 g/mol. The summed E-state index contributed by atoms with van der Waals surface area (Å²) >= 11 is 0. The van der Waals surface area contributed by atoms with Gasteiger partial charge in [-0.2, -0.15) is 0 Å². The first-order chi connectivity index (χ1) is 7.45. The molecule has 0 amide bonds. The molecular weight excluding hydrogens is 190 g/mol. The molecule has 1 unspecified atom stereocenters. The zero-order chi connectivity index (χ0) is 10.1. The monoisotopic (exact) mass is 205 g/mol. The van der Waals surface area contributed by atoms with Crippen LogP contribution in [0.1, 0.15) is 12.8 Å². The van der Waals surface area contributed by atoms with Crippen molar-refractivity contribution in [1.29, 1.82) is 0 Å². The second-order valence-corrected chi connectivity index (χ2v) is 4.08. The highest BCUT2D eigenvalue weighted by molar-refractivity contribution is 5.50. The summed E-state index contributed by atoms with van der Waals surface area (Å²) in [4.78, 5) is 0. The summed E-state index contributed by atoms with van der Waals surface area (Å²) in [6.45, 7) is 2.74. The van der Waals surface area contributed by atoms with Gasteiger partial charge in [0.15, 0.2) is 0 Å². The third-order valence-electron chi connectivity index (χ3n) is 3.20. The van der Waals surface area contributed by atoms with Crippen LogP contribution in [0.2, 0.25) is 0 Å². The number of hydrogen-bond donors (Lipinski definition) is 1. The van der Waals surface area contributed by atoms with Gasteiger partial charge in [0, 0.05) is 13.1 Å². The van der Waals surface area contributed by atoms with Crippen LogP contribution in [0.3, 0.4) is 0 Å². The molecule has 1 saturated heterocycles. The molecule has 0 aromatic rings. The Morgan fingerprint density at radius 2 is 2.33 bits per heavy atom. The van der Waals surface area contributed by atoms with Crippen LogP contribution in [0, 0.1) is 0 Å². The van der Waals surface area contributed by atoms with Crippen molar-refractivity contribution in [2.45, 2.75) is 18.9 Å². The fourth-order valence-corrected chi connectivity index (χ4v) is 2.43. The molecule has 0 aromatic carbocycles. The van der Waals surface area contributed by atoms with Gasteiger partial charge >= 0.3 is 0 Å². The van der Waals surface area contributed by atoms with Gasteiger partial charge in [-0.25, -0.2) is 0 Å². The predicted molar refractivity (Wildman–Crippen MR) is 57.2 cm³/mol. The summed E-state index contributed by atoms with van der Waals surface area (Å²) in [7, 11) is 0. The first-order valence-electron chi connectivity index (χ1n) is 5.52. The smallest absolute Gasteiger partial charge is 0.0939 e. The van der Waals surface area contributed by atoms with Gasteiger partial charge in [0.2, 0.25) is 0 Å². The molecule has 2 heterocycles. The van der Waals surface area contributed by atoms with E-state index in [0.29, 0.717) is 0 Å². The van der Waals surface area contributed by atoms with Crippen LogP contribution in [0.5, 0.6) is 0 Å². The quantitative estimate of drug-likeness (QED) is 0.703. The van der Waals surface area contributed by atoms with Gasteiger partial charge in [-0.15, -0.1) is 0 Å². The first kappa shape index (κ1) is 9.19. The summed E-state index contributed by atoms with van der Waals surface area (Å²) in [6.07, 6.45) is 8.15.